The number of nitrogens with zero attached hydrogens (tertiary/aromatic N) is 1. The van der Waals surface area contributed by atoms with Gasteiger partial charge in [0.15, 0.2) is 0 Å². The minimum Gasteiger partial charge on any atom is -0.264 e. The average Bonchev–Trinajstić information content (AvgIpc) is 2.23. The molecular weight excluding hydrogens is 206 g/mol. The lowest BCUT2D eigenvalue weighted by Gasteiger charge is -2.12. The van der Waals surface area contributed by atoms with Gasteiger partial charge in [-0.15, -0.1) is 0 Å². The van der Waals surface area contributed by atoms with Crippen LogP contribution in [0.15, 0.2) is 24.5 Å². The number of halogens is 1. The third-order valence-electron chi connectivity index (χ3n) is 2.77. The molecule has 1 heterocycles. The fourth-order valence-corrected chi connectivity index (χ4v) is 2.06. The zero-order valence-electron chi connectivity index (χ0n) is 9.21. The third-order valence-corrected chi connectivity index (χ3v) is 3.18. The fourth-order valence-electron chi connectivity index (χ4n) is 1.90. The van der Waals surface area contributed by atoms with Gasteiger partial charge >= 0.3 is 0 Å². The summed E-state index contributed by atoms with van der Waals surface area (Å²) in [4.78, 5) is 4.26. The Labute approximate surface area is 95.1 Å². The van der Waals surface area contributed by atoms with E-state index < -0.39 is 0 Å². The van der Waals surface area contributed by atoms with Gasteiger partial charge in [-0.05, 0) is 35.4 Å². The summed E-state index contributed by atoms with van der Waals surface area (Å²) >= 11 is 6.14. The van der Waals surface area contributed by atoms with Gasteiger partial charge in [0.05, 0.1) is 0 Å². The molecule has 1 aromatic carbocycles. The molecule has 0 saturated heterocycles. The molecule has 0 aliphatic heterocycles. The highest BCUT2D eigenvalue weighted by molar-refractivity contribution is 6.32. The zero-order valence-corrected chi connectivity index (χ0v) is 9.97. The quantitative estimate of drug-likeness (QED) is 0.696. The van der Waals surface area contributed by atoms with Crippen LogP contribution < -0.4 is 0 Å². The summed E-state index contributed by atoms with van der Waals surface area (Å²) < 4.78 is 0. The van der Waals surface area contributed by atoms with E-state index in [2.05, 4.69) is 25.8 Å². The largest absolute Gasteiger partial charge is 0.264 e. The maximum absolute atomic E-state index is 6.14. The number of hydrogen-bond acceptors (Lipinski definition) is 1. The molecule has 2 aromatic rings. The molecule has 0 radical (unpaired) electrons. The summed E-state index contributed by atoms with van der Waals surface area (Å²) in [7, 11) is 0. The van der Waals surface area contributed by atoms with Crippen molar-refractivity contribution in [3.8, 4) is 0 Å². The van der Waals surface area contributed by atoms with Crippen molar-refractivity contribution in [2.24, 2.45) is 0 Å². The Morgan fingerprint density at radius 1 is 1.20 bits per heavy atom. The second kappa shape index (κ2) is 3.82. The first kappa shape index (κ1) is 10.4. The van der Waals surface area contributed by atoms with Gasteiger partial charge in [0, 0.05) is 22.8 Å². The van der Waals surface area contributed by atoms with Gasteiger partial charge in [-0.3, -0.25) is 4.98 Å². The van der Waals surface area contributed by atoms with E-state index >= 15 is 0 Å². The molecule has 2 rings (SSSR count). The summed E-state index contributed by atoms with van der Waals surface area (Å²) in [5.74, 6) is 0.471. The molecule has 0 N–H and O–H groups in total. The van der Waals surface area contributed by atoms with Crippen molar-refractivity contribution in [1.29, 1.82) is 0 Å². The van der Waals surface area contributed by atoms with Crippen molar-refractivity contribution in [2.45, 2.75) is 26.7 Å². The Bertz CT molecular complexity index is 503. The molecule has 0 saturated carbocycles. The monoisotopic (exact) mass is 219 g/mol. The molecule has 1 nitrogen and oxygen atoms in total. The normalized spacial score (nSPS) is 11.3. The standard InChI is InChI=1S/C13H14ClN/c1-8(2)11-7-15-6-10-4-5-12(14)9(3)13(10)11/h4-8H,1-3H3. The molecular formula is C13H14ClN. The number of pyridine rings is 1. The molecule has 0 atom stereocenters. The van der Waals surface area contributed by atoms with Crippen LogP contribution in [0.5, 0.6) is 0 Å². The summed E-state index contributed by atoms with van der Waals surface area (Å²) in [5, 5.41) is 3.26. The van der Waals surface area contributed by atoms with Gasteiger partial charge in [0.25, 0.3) is 0 Å². The predicted molar refractivity (Wildman–Crippen MR) is 65.6 cm³/mol. The van der Waals surface area contributed by atoms with E-state index in [4.69, 9.17) is 11.6 Å². The molecule has 0 amide bonds. The first-order chi connectivity index (χ1) is 7.11. The smallest absolute Gasteiger partial charge is 0.0441 e. The minimum absolute atomic E-state index is 0.471. The van der Waals surface area contributed by atoms with E-state index in [0.29, 0.717) is 5.92 Å². The van der Waals surface area contributed by atoms with Gasteiger partial charge < -0.3 is 0 Å². The van der Waals surface area contributed by atoms with Crippen molar-refractivity contribution < 1.29 is 0 Å². The summed E-state index contributed by atoms with van der Waals surface area (Å²) in [6, 6.07) is 3.97. The van der Waals surface area contributed by atoms with Crippen LogP contribution in [0.1, 0.15) is 30.9 Å². The van der Waals surface area contributed by atoms with Gasteiger partial charge in [-0.2, -0.15) is 0 Å². The van der Waals surface area contributed by atoms with Crippen molar-refractivity contribution >= 4 is 22.4 Å². The van der Waals surface area contributed by atoms with Gasteiger partial charge in [-0.25, -0.2) is 0 Å². The summed E-state index contributed by atoms with van der Waals surface area (Å²) in [5.41, 5.74) is 2.42. The lowest BCUT2D eigenvalue weighted by Crippen LogP contribution is -1.93. The van der Waals surface area contributed by atoms with Crippen LogP contribution in [0.2, 0.25) is 5.02 Å². The van der Waals surface area contributed by atoms with E-state index in [1.807, 2.05) is 24.5 Å². The molecule has 2 heteroatoms. The highest BCUT2D eigenvalue weighted by Crippen LogP contribution is 2.30. The SMILES string of the molecule is Cc1c(Cl)ccc2cncc(C(C)C)c12. The molecule has 0 unspecified atom stereocenters. The van der Waals surface area contributed by atoms with Crippen LogP contribution >= 0.6 is 11.6 Å². The number of aryl methyl sites for hydroxylation is 1. The van der Waals surface area contributed by atoms with E-state index in [1.165, 1.54) is 16.3 Å². The molecule has 0 spiro atoms. The van der Waals surface area contributed by atoms with Crippen LogP contribution in [-0.4, -0.2) is 4.98 Å². The van der Waals surface area contributed by atoms with Crippen LogP contribution in [0, 0.1) is 6.92 Å². The lowest BCUT2D eigenvalue weighted by molar-refractivity contribution is 0.868. The molecule has 15 heavy (non-hydrogen) atoms. The Balaban J connectivity index is 2.88. The number of hydrogen-bond donors (Lipinski definition) is 0. The minimum atomic E-state index is 0.471. The summed E-state index contributed by atoms with van der Waals surface area (Å²) in [6.07, 6.45) is 3.83. The number of benzene rings is 1. The average molecular weight is 220 g/mol. The van der Waals surface area contributed by atoms with Crippen LogP contribution in [0.3, 0.4) is 0 Å². The maximum Gasteiger partial charge on any atom is 0.0441 e. The zero-order chi connectivity index (χ0) is 11.0. The molecule has 78 valence electrons. The molecule has 0 aliphatic rings. The third kappa shape index (κ3) is 1.72. The Morgan fingerprint density at radius 2 is 1.93 bits per heavy atom. The highest BCUT2D eigenvalue weighted by Gasteiger charge is 2.09. The van der Waals surface area contributed by atoms with Crippen LogP contribution in [-0.2, 0) is 0 Å². The Hall–Kier alpha value is -1.08. The van der Waals surface area contributed by atoms with Crippen LogP contribution in [0.25, 0.3) is 10.8 Å². The first-order valence-corrected chi connectivity index (χ1v) is 5.51. The fraction of sp³-hybridized carbons (Fsp3) is 0.308. The van der Waals surface area contributed by atoms with Gasteiger partial charge in [-0.1, -0.05) is 31.5 Å². The first-order valence-electron chi connectivity index (χ1n) is 5.14. The van der Waals surface area contributed by atoms with E-state index in [9.17, 15) is 0 Å². The number of aromatic nitrogens is 1. The second-order valence-electron chi connectivity index (χ2n) is 4.15. The molecule has 0 bridgehead atoms. The lowest BCUT2D eigenvalue weighted by atomic mass is 9.96. The Morgan fingerprint density at radius 3 is 2.60 bits per heavy atom. The molecule has 0 fully saturated rings. The van der Waals surface area contributed by atoms with Gasteiger partial charge in [0.2, 0.25) is 0 Å². The summed E-state index contributed by atoms with van der Waals surface area (Å²) in [6.45, 7) is 6.42. The topological polar surface area (TPSA) is 12.9 Å². The second-order valence-corrected chi connectivity index (χ2v) is 4.56. The highest BCUT2D eigenvalue weighted by atomic mass is 35.5. The van der Waals surface area contributed by atoms with Crippen molar-refractivity contribution in [2.75, 3.05) is 0 Å². The van der Waals surface area contributed by atoms with Crippen LogP contribution in [0.4, 0.5) is 0 Å². The van der Waals surface area contributed by atoms with Gasteiger partial charge in [0.1, 0.15) is 0 Å². The Kier molecular flexibility index (Phi) is 2.66. The van der Waals surface area contributed by atoms with Crippen molar-refractivity contribution in [1.82, 2.24) is 4.98 Å². The maximum atomic E-state index is 6.14. The van der Waals surface area contributed by atoms with E-state index in [-0.39, 0.29) is 0 Å². The van der Waals surface area contributed by atoms with E-state index in [1.54, 1.807) is 0 Å². The predicted octanol–water partition coefficient (Wildman–Crippen LogP) is 4.32. The van der Waals surface area contributed by atoms with E-state index in [0.717, 1.165) is 10.6 Å². The van der Waals surface area contributed by atoms with Crippen molar-refractivity contribution in [3.05, 3.63) is 40.7 Å². The molecule has 1 aromatic heterocycles. The molecule has 0 aliphatic carbocycles. The number of fused-ring (bicyclic) bond motifs is 1. The van der Waals surface area contributed by atoms with Crippen molar-refractivity contribution in [3.63, 3.8) is 0 Å². The number of rotatable bonds is 1.